The number of aliphatic hydroxyl groups is 1. The molecule has 0 aliphatic heterocycles. The van der Waals surface area contributed by atoms with E-state index in [0.717, 1.165) is 38.5 Å². The summed E-state index contributed by atoms with van der Waals surface area (Å²) < 4.78 is 4.62. The summed E-state index contributed by atoms with van der Waals surface area (Å²) in [7, 11) is 0. The highest BCUT2D eigenvalue weighted by Gasteiger charge is 2.04. The Hall–Kier alpha value is -0.830. The predicted molar refractivity (Wildman–Crippen MR) is 74.1 cm³/mol. The number of carbonyl (C=O) groups excluding carboxylic acids is 1. The van der Waals surface area contributed by atoms with E-state index in [2.05, 4.69) is 18.2 Å². The van der Waals surface area contributed by atoms with Gasteiger partial charge in [0.2, 0.25) is 0 Å². The van der Waals surface area contributed by atoms with E-state index in [0.29, 0.717) is 6.42 Å². The van der Waals surface area contributed by atoms with Crippen LogP contribution in [-0.4, -0.2) is 17.2 Å². The van der Waals surface area contributed by atoms with Gasteiger partial charge in [-0.15, -0.1) is 0 Å². The summed E-state index contributed by atoms with van der Waals surface area (Å²) in [6, 6.07) is 0. The monoisotopic (exact) mass is 256 g/mol. The number of aliphatic hydroxyl groups excluding tert-OH is 1. The van der Waals surface area contributed by atoms with Gasteiger partial charge in [-0.25, -0.2) is 0 Å². The molecule has 0 fully saturated rings. The summed E-state index contributed by atoms with van der Waals surface area (Å²) >= 11 is 0. The van der Waals surface area contributed by atoms with Gasteiger partial charge < -0.3 is 9.84 Å². The van der Waals surface area contributed by atoms with Crippen LogP contribution >= 0.6 is 0 Å². The van der Waals surface area contributed by atoms with Crippen LogP contribution in [0.15, 0.2) is 12.8 Å². The Kier molecular flexibility index (Phi) is 12.0. The highest BCUT2D eigenvalue weighted by atomic mass is 16.5. The van der Waals surface area contributed by atoms with Crippen molar-refractivity contribution >= 4 is 5.97 Å². The Labute approximate surface area is 111 Å². The molecule has 0 spiro atoms. The fourth-order valence-corrected chi connectivity index (χ4v) is 1.93. The van der Waals surface area contributed by atoms with Gasteiger partial charge in [0.05, 0.1) is 12.4 Å². The third kappa shape index (κ3) is 11.6. The number of esters is 1. The van der Waals surface area contributed by atoms with Crippen molar-refractivity contribution in [1.82, 2.24) is 0 Å². The zero-order chi connectivity index (χ0) is 13.6. The molecule has 1 unspecified atom stereocenters. The summed E-state index contributed by atoms with van der Waals surface area (Å²) in [5, 5.41) is 9.74. The minimum atomic E-state index is -0.217. The lowest BCUT2D eigenvalue weighted by Gasteiger charge is -2.09. The molecule has 18 heavy (non-hydrogen) atoms. The lowest BCUT2D eigenvalue weighted by atomic mass is 10.0. The molecule has 3 nitrogen and oxygen atoms in total. The van der Waals surface area contributed by atoms with E-state index in [9.17, 15) is 9.90 Å². The van der Waals surface area contributed by atoms with Gasteiger partial charge in [-0.1, -0.05) is 52.0 Å². The van der Waals surface area contributed by atoms with Crippen LogP contribution in [0, 0.1) is 0 Å². The molecule has 1 atom stereocenters. The van der Waals surface area contributed by atoms with Crippen molar-refractivity contribution in [3.05, 3.63) is 12.8 Å². The van der Waals surface area contributed by atoms with Gasteiger partial charge in [-0.3, -0.25) is 4.79 Å². The molecule has 0 aliphatic rings. The maximum atomic E-state index is 11.0. The molecule has 0 radical (unpaired) electrons. The molecular formula is C15H28O3. The third-order valence-corrected chi connectivity index (χ3v) is 3.02. The van der Waals surface area contributed by atoms with E-state index in [1.807, 2.05) is 0 Å². The second kappa shape index (κ2) is 12.6. The first-order valence-electron chi connectivity index (χ1n) is 7.19. The maximum Gasteiger partial charge on any atom is 0.310 e. The third-order valence-electron chi connectivity index (χ3n) is 3.02. The fraction of sp³-hybridized carbons (Fsp3) is 0.800. The molecule has 1 N–H and O–H groups in total. The van der Waals surface area contributed by atoms with Crippen molar-refractivity contribution in [2.45, 2.75) is 77.2 Å². The SMILES string of the molecule is C=COC(=O)CCCCCC(O)CCCCCC. The summed E-state index contributed by atoms with van der Waals surface area (Å²) in [6.07, 6.45) is 10.8. The van der Waals surface area contributed by atoms with Gasteiger partial charge in [0.25, 0.3) is 0 Å². The minimum absolute atomic E-state index is 0.165. The Morgan fingerprint density at radius 2 is 1.78 bits per heavy atom. The van der Waals surface area contributed by atoms with Crippen LogP contribution < -0.4 is 0 Å². The van der Waals surface area contributed by atoms with Gasteiger partial charge in [0, 0.05) is 6.42 Å². The second-order valence-electron chi connectivity index (χ2n) is 4.76. The fourth-order valence-electron chi connectivity index (χ4n) is 1.93. The van der Waals surface area contributed by atoms with Crippen LogP contribution in [0.25, 0.3) is 0 Å². The molecule has 0 bridgehead atoms. The topological polar surface area (TPSA) is 46.5 Å². The normalized spacial score (nSPS) is 12.1. The predicted octanol–water partition coefficient (Wildman–Crippen LogP) is 3.95. The van der Waals surface area contributed by atoms with Gasteiger partial charge in [-0.05, 0) is 19.3 Å². The minimum Gasteiger partial charge on any atom is -0.435 e. The quantitative estimate of drug-likeness (QED) is 0.327. The molecule has 0 rings (SSSR count). The standard InChI is InChI=1S/C15H28O3/c1-3-5-6-8-11-14(16)12-9-7-10-13-15(17)18-4-2/h4,14,16H,2-3,5-13H2,1H3. The Balaban J connectivity index is 3.26. The van der Waals surface area contributed by atoms with Crippen LogP contribution in [0.2, 0.25) is 0 Å². The lowest BCUT2D eigenvalue weighted by molar-refractivity contribution is -0.138. The van der Waals surface area contributed by atoms with E-state index < -0.39 is 0 Å². The zero-order valence-corrected chi connectivity index (χ0v) is 11.7. The van der Waals surface area contributed by atoms with Crippen molar-refractivity contribution in [2.75, 3.05) is 0 Å². The lowest BCUT2D eigenvalue weighted by Crippen LogP contribution is -2.06. The summed E-state index contributed by atoms with van der Waals surface area (Å²) in [6.45, 7) is 5.52. The molecule has 0 heterocycles. The molecule has 0 saturated heterocycles. The molecule has 0 aromatic rings. The number of hydrogen-bond donors (Lipinski definition) is 1. The number of carbonyl (C=O) groups is 1. The van der Waals surface area contributed by atoms with E-state index in [1.54, 1.807) is 0 Å². The molecule has 0 aromatic carbocycles. The maximum absolute atomic E-state index is 11.0. The van der Waals surface area contributed by atoms with Gasteiger partial charge >= 0.3 is 5.97 Å². The van der Waals surface area contributed by atoms with E-state index in [4.69, 9.17) is 0 Å². The van der Waals surface area contributed by atoms with Crippen LogP contribution in [0.3, 0.4) is 0 Å². The number of rotatable bonds is 12. The van der Waals surface area contributed by atoms with Crippen molar-refractivity contribution < 1.29 is 14.6 Å². The Morgan fingerprint density at radius 3 is 2.33 bits per heavy atom. The number of ether oxygens (including phenoxy) is 1. The summed E-state index contributed by atoms with van der Waals surface area (Å²) in [5.41, 5.74) is 0. The van der Waals surface area contributed by atoms with Crippen LogP contribution in [-0.2, 0) is 9.53 Å². The molecule has 106 valence electrons. The van der Waals surface area contributed by atoms with E-state index in [1.165, 1.54) is 25.5 Å². The summed E-state index contributed by atoms with van der Waals surface area (Å²) in [4.78, 5) is 11.0. The van der Waals surface area contributed by atoms with Crippen molar-refractivity contribution in [1.29, 1.82) is 0 Å². The second-order valence-corrected chi connectivity index (χ2v) is 4.76. The summed E-state index contributed by atoms with van der Waals surface area (Å²) in [5.74, 6) is -0.217. The molecular weight excluding hydrogens is 228 g/mol. The first kappa shape index (κ1) is 17.2. The van der Waals surface area contributed by atoms with Crippen LogP contribution in [0.5, 0.6) is 0 Å². The van der Waals surface area contributed by atoms with Crippen molar-refractivity contribution in [2.24, 2.45) is 0 Å². The molecule has 3 heteroatoms. The zero-order valence-electron chi connectivity index (χ0n) is 11.7. The van der Waals surface area contributed by atoms with Gasteiger partial charge in [0.1, 0.15) is 0 Å². The number of hydrogen-bond acceptors (Lipinski definition) is 3. The first-order chi connectivity index (χ1) is 8.70. The molecule has 0 amide bonds. The van der Waals surface area contributed by atoms with Gasteiger partial charge in [0.15, 0.2) is 0 Å². The average Bonchev–Trinajstić information content (AvgIpc) is 2.34. The molecule has 0 saturated carbocycles. The van der Waals surface area contributed by atoms with Crippen LogP contribution in [0.1, 0.15) is 71.1 Å². The van der Waals surface area contributed by atoms with Crippen LogP contribution in [0.4, 0.5) is 0 Å². The highest BCUT2D eigenvalue weighted by Crippen LogP contribution is 2.12. The average molecular weight is 256 g/mol. The van der Waals surface area contributed by atoms with Crippen molar-refractivity contribution in [3.8, 4) is 0 Å². The molecule has 0 aliphatic carbocycles. The van der Waals surface area contributed by atoms with Gasteiger partial charge in [-0.2, -0.15) is 0 Å². The van der Waals surface area contributed by atoms with E-state index in [-0.39, 0.29) is 12.1 Å². The Bertz CT molecular complexity index is 214. The smallest absolute Gasteiger partial charge is 0.310 e. The molecule has 0 aromatic heterocycles. The largest absolute Gasteiger partial charge is 0.435 e. The van der Waals surface area contributed by atoms with E-state index >= 15 is 0 Å². The van der Waals surface area contributed by atoms with Crippen molar-refractivity contribution in [3.63, 3.8) is 0 Å². The Morgan fingerprint density at radius 1 is 1.17 bits per heavy atom. The number of unbranched alkanes of at least 4 members (excludes halogenated alkanes) is 5. The highest BCUT2D eigenvalue weighted by molar-refractivity contribution is 5.69. The first-order valence-corrected chi connectivity index (χ1v) is 7.19.